The van der Waals surface area contributed by atoms with Crippen molar-refractivity contribution in [1.82, 2.24) is 9.80 Å². The molecule has 1 aliphatic rings. The summed E-state index contributed by atoms with van der Waals surface area (Å²) >= 11 is 0. The number of nitrogens with zero attached hydrogens (tertiary/aromatic N) is 3. The minimum absolute atomic E-state index is 0.0282. The van der Waals surface area contributed by atoms with Crippen LogP contribution in [0, 0.1) is 0 Å². The van der Waals surface area contributed by atoms with Crippen molar-refractivity contribution in [2.75, 3.05) is 34.2 Å². The maximum atomic E-state index is 11.8. The molecule has 0 radical (unpaired) electrons. The largest absolute Gasteiger partial charge is 0.477 e. The van der Waals surface area contributed by atoms with E-state index in [0.717, 1.165) is 6.54 Å². The molecule has 1 aliphatic heterocycles. The number of hydrogen-bond donors (Lipinski definition) is 1. The predicted molar refractivity (Wildman–Crippen MR) is 60.8 cm³/mol. The summed E-state index contributed by atoms with van der Waals surface area (Å²) < 4.78 is 0. The molecule has 1 rings (SSSR count). The highest BCUT2D eigenvalue weighted by Gasteiger charge is 2.33. The normalized spacial score (nSPS) is 18.8. The molecule has 0 spiro atoms. The number of carbonyl (C=O) groups is 2. The molecular formula is C10H17N3O4. The Morgan fingerprint density at radius 1 is 1.41 bits per heavy atom. The fourth-order valence-electron chi connectivity index (χ4n) is 1.34. The lowest BCUT2D eigenvalue weighted by Gasteiger charge is -2.21. The van der Waals surface area contributed by atoms with Crippen molar-refractivity contribution in [3.8, 4) is 0 Å². The monoisotopic (exact) mass is 243 g/mol. The number of oxime groups is 1. The van der Waals surface area contributed by atoms with Crippen LogP contribution in [0.4, 0.5) is 0 Å². The van der Waals surface area contributed by atoms with E-state index < -0.39 is 12.1 Å². The Labute approximate surface area is 99.6 Å². The molecule has 0 saturated heterocycles. The lowest BCUT2D eigenvalue weighted by Crippen LogP contribution is -2.40. The second-order valence-electron chi connectivity index (χ2n) is 4.20. The summed E-state index contributed by atoms with van der Waals surface area (Å²) in [6.07, 6.45) is -0.770. The van der Waals surface area contributed by atoms with Crippen LogP contribution in [0.1, 0.15) is 6.42 Å². The van der Waals surface area contributed by atoms with Crippen molar-refractivity contribution < 1.29 is 19.5 Å². The second-order valence-corrected chi connectivity index (χ2v) is 4.20. The van der Waals surface area contributed by atoms with Crippen LogP contribution < -0.4 is 0 Å². The van der Waals surface area contributed by atoms with E-state index in [0.29, 0.717) is 6.54 Å². The maximum Gasteiger partial charge on any atom is 0.353 e. The van der Waals surface area contributed by atoms with E-state index in [1.54, 1.807) is 7.05 Å². The molecule has 0 aromatic rings. The van der Waals surface area contributed by atoms with Crippen molar-refractivity contribution in [2.24, 2.45) is 5.16 Å². The van der Waals surface area contributed by atoms with Gasteiger partial charge in [0.15, 0.2) is 5.71 Å². The van der Waals surface area contributed by atoms with Gasteiger partial charge in [-0.1, -0.05) is 5.16 Å². The number of carbonyl (C=O) groups excluding carboxylic acids is 1. The van der Waals surface area contributed by atoms with Gasteiger partial charge in [0.2, 0.25) is 6.10 Å². The van der Waals surface area contributed by atoms with Crippen molar-refractivity contribution >= 4 is 17.6 Å². The van der Waals surface area contributed by atoms with Crippen LogP contribution >= 0.6 is 0 Å². The van der Waals surface area contributed by atoms with Crippen LogP contribution in [-0.4, -0.2) is 72.8 Å². The molecular weight excluding hydrogens is 226 g/mol. The van der Waals surface area contributed by atoms with Crippen molar-refractivity contribution in [3.63, 3.8) is 0 Å². The third kappa shape index (κ3) is 3.70. The standard InChI is InChI=1S/C10H17N3O4/c1-12(2)4-5-13(3)9(14)8-6-7(10(15)16)11-17-8/h8H,4-6H2,1-3H3,(H,15,16). The van der Waals surface area contributed by atoms with Gasteiger partial charge in [0.05, 0.1) is 0 Å². The molecule has 7 nitrogen and oxygen atoms in total. The Kier molecular flexibility index (Phi) is 4.45. The average molecular weight is 243 g/mol. The topological polar surface area (TPSA) is 82.4 Å². The van der Waals surface area contributed by atoms with Crippen LogP contribution in [0.2, 0.25) is 0 Å². The van der Waals surface area contributed by atoms with E-state index in [1.807, 2.05) is 19.0 Å². The number of carboxylic acids is 1. The summed E-state index contributed by atoms with van der Waals surface area (Å²) in [6, 6.07) is 0. The van der Waals surface area contributed by atoms with Gasteiger partial charge in [-0.2, -0.15) is 0 Å². The Bertz CT molecular complexity index is 340. The second kappa shape index (κ2) is 5.62. The predicted octanol–water partition coefficient (Wildman–Crippen LogP) is -0.764. The number of amides is 1. The summed E-state index contributed by atoms with van der Waals surface area (Å²) in [6.45, 7) is 1.30. The average Bonchev–Trinajstić information content (AvgIpc) is 2.73. The highest BCUT2D eigenvalue weighted by Crippen LogP contribution is 2.12. The summed E-state index contributed by atoms with van der Waals surface area (Å²) in [7, 11) is 5.49. The molecule has 0 saturated carbocycles. The molecule has 0 aromatic heterocycles. The molecule has 1 unspecified atom stereocenters. The van der Waals surface area contributed by atoms with Gasteiger partial charge in [-0.15, -0.1) is 0 Å². The highest BCUT2D eigenvalue weighted by atomic mass is 16.6. The van der Waals surface area contributed by atoms with Crippen molar-refractivity contribution in [2.45, 2.75) is 12.5 Å². The fraction of sp³-hybridized carbons (Fsp3) is 0.700. The highest BCUT2D eigenvalue weighted by molar-refractivity contribution is 6.36. The Morgan fingerprint density at radius 3 is 2.53 bits per heavy atom. The number of hydrogen-bond acceptors (Lipinski definition) is 5. The SMILES string of the molecule is CN(C)CCN(C)C(=O)C1CC(C(=O)O)=NO1. The van der Waals surface area contributed by atoms with Crippen LogP contribution in [0.3, 0.4) is 0 Å². The first-order chi connectivity index (χ1) is 7.91. The van der Waals surface area contributed by atoms with E-state index in [-0.39, 0.29) is 18.0 Å². The molecule has 1 atom stereocenters. The molecule has 7 heteroatoms. The molecule has 1 heterocycles. The molecule has 17 heavy (non-hydrogen) atoms. The van der Waals surface area contributed by atoms with E-state index in [1.165, 1.54) is 4.90 Å². The summed E-state index contributed by atoms with van der Waals surface area (Å²) in [5.74, 6) is -1.39. The third-order valence-electron chi connectivity index (χ3n) is 2.45. The Balaban J connectivity index is 2.42. The number of rotatable bonds is 5. The Hall–Kier alpha value is -1.63. The lowest BCUT2D eigenvalue weighted by atomic mass is 10.1. The van der Waals surface area contributed by atoms with Gasteiger partial charge in [0.25, 0.3) is 5.91 Å². The van der Waals surface area contributed by atoms with Gasteiger partial charge in [-0.3, -0.25) is 4.79 Å². The van der Waals surface area contributed by atoms with Crippen molar-refractivity contribution in [1.29, 1.82) is 0 Å². The van der Waals surface area contributed by atoms with Crippen LogP contribution in [0.15, 0.2) is 5.16 Å². The molecule has 0 aromatic carbocycles. The van der Waals surface area contributed by atoms with E-state index in [2.05, 4.69) is 5.16 Å². The first kappa shape index (κ1) is 13.4. The van der Waals surface area contributed by atoms with E-state index >= 15 is 0 Å². The fourth-order valence-corrected chi connectivity index (χ4v) is 1.34. The van der Waals surface area contributed by atoms with Gasteiger partial charge in [0, 0.05) is 26.6 Å². The summed E-state index contributed by atoms with van der Waals surface area (Å²) in [5, 5.41) is 12.1. The molecule has 1 N–H and O–H groups in total. The van der Waals surface area contributed by atoms with Gasteiger partial charge in [0.1, 0.15) is 0 Å². The van der Waals surface area contributed by atoms with Gasteiger partial charge in [-0.25, -0.2) is 4.79 Å². The molecule has 1 amide bonds. The van der Waals surface area contributed by atoms with Crippen LogP contribution in [-0.2, 0) is 14.4 Å². The molecule has 0 aliphatic carbocycles. The minimum atomic E-state index is -1.14. The molecule has 96 valence electrons. The first-order valence-corrected chi connectivity index (χ1v) is 5.27. The zero-order valence-corrected chi connectivity index (χ0v) is 10.2. The minimum Gasteiger partial charge on any atom is -0.477 e. The third-order valence-corrected chi connectivity index (χ3v) is 2.45. The van der Waals surface area contributed by atoms with Crippen molar-refractivity contribution in [3.05, 3.63) is 0 Å². The van der Waals surface area contributed by atoms with Gasteiger partial charge >= 0.3 is 5.97 Å². The van der Waals surface area contributed by atoms with Gasteiger partial charge in [-0.05, 0) is 14.1 Å². The zero-order chi connectivity index (χ0) is 13.0. The molecule has 0 bridgehead atoms. The van der Waals surface area contributed by atoms with Gasteiger partial charge < -0.3 is 19.7 Å². The van der Waals surface area contributed by atoms with E-state index in [9.17, 15) is 9.59 Å². The maximum absolute atomic E-state index is 11.8. The smallest absolute Gasteiger partial charge is 0.353 e. The zero-order valence-electron chi connectivity index (χ0n) is 10.2. The van der Waals surface area contributed by atoms with E-state index in [4.69, 9.17) is 9.94 Å². The summed E-state index contributed by atoms with van der Waals surface area (Å²) in [5.41, 5.74) is -0.107. The van der Waals surface area contributed by atoms with Crippen LogP contribution in [0.25, 0.3) is 0 Å². The number of aliphatic carboxylic acids is 1. The number of likely N-dealkylation sites (N-methyl/N-ethyl adjacent to an activating group) is 2. The van der Waals surface area contributed by atoms with Crippen LogP contribution in [0.5, 0.6) is 0 Å². The quantitative estimate of drug-likeness (QED) is 0.686. The first-order valence-electron chi connectivity index (χ1n) is 5.27. The lowest BCUT2D eigenvalue weighted by molar-refractivity contribution is -0.140. The summed E-state index contributed by atoms with van der Waals surface area (Å²) in [4.78, 5) is 30.7. The Morgan fingerprint density at radius 2 is 2.06 bits per heavy atom. The molecule has 0 fully saturated rings. The number of carboxylic acid groups (broad SMARTS) is 1.